The highest BCUT2D eigenvalue weighted by molar-refractivity contribution is 7.99. The highest BCUT2D eigenvalue weighted by atomic mass is 32.2. The number of carbonyl (C=O) groups excluding carboxylic acids is 1. The highest BCUT2D eigenvalue weighted by Crippen LogP contribution is 2.34. The van der Waals surface area contributed by atoms with E-state index in [4.69, 9.17) is 4.74 Å². The maximum atomic E-state index is 12.9. The van der Waals surface area contributed by atoms with Gasteiger partial charge in [0.25, 0.3) is 5.69 Å². The molecule has 3 aromatic rings. The first-order valence-electron chi connectivity index (χ1n) is 7.22. The summed E-state index contributed by atoms with van der Waals surface area (Å²) < 4.78 is 19.6. The number of nitro benzene ring substituents is 1. The van der Waals surface area contributed by atoms with E-state index in [1.807, 2.05) is 0 Å². The lowest BCUT2D eigenvalue weighted by molar-refractivity contribution is -0.387. The number of carbonyl (C=O) groups is 1. The number of hydrogen-bond acceptors (Lipinski definition) is 7. The molecule has 1 heterocycles. The number of nitro groups is 1. The maximum absolute atomic E-state index is 12.9. The van der Waals surface area contributed by atoms with Crippen molar-refractivity contribution in [3.05, 3.63) is 70.3 Å². The molecular weight excluding hydrogens is 363 g/mol. The summed E-state index contributed by atoms with van der Waals surface area (Å²) >= 11 is 1.06. The fourth-order valence-corrected chi connectivity index (χ4v) is 2.86. The van der Waals surface area contributed by atoms with E-state index in [9.17, 15) is 19.3 Å². The number of rotatable bonds is 5. The van der Waals surface area contributed by atoms with Crippen LogP contribution in [0.15, 0.2) is 58.8 Å². The van der Waals surface area contributed by atoms with E-state index in [-0.39, 0.29) is 17.0 Å². The van der Waals surface area contributed by atoms with Gasteiger partial charge in [-0.25, -0.2) is 9.18 Å². The van der Waals surface area contributed by atoms with Crippen LogP contribution in [-0.2, 0) is 7.05 Å². The molecule has 1 aromatic heterocycles. The molecule has 0 saturated carbocycles. The van der Waals surface area contributed by atoms with Gasteiger partial charge in [-0.15, -0.1) is 10.2 Å². The zero-order valence-electron chi connectivity index (χ0n) is 13.3. The minimum atomic E-state index is -0.782. The lowest BCUT2D eigenvalue weighted by Gasteiger charge is -2.06. The van der Waals surface area contributed by atoms with Crippen molar-refractivity contribution in [3.63, 3.8) is 0 Å². The van der Waals surface area contributed by atoms with Crippen molar-refractivity contribution < 1.29 is 18.8 Å². The largest absolute Gasteiger partial charge is 0.423 e. The van der Waals surface area contributed by atoms with E-state index >= 15 is 0 Å². The lowest BCUT2D eigenvalue weighted by atomic mass is 10.2. The van der Waals surface area contributed by atoms with E-state index in [2.05, 4.69) is 10.2 Å². The first kappa shape index (κ1) is 17.5. The zero-order valence-corrected chi connectivity index (χ0v) is 14.1. The van der Waals surface area contributed by atoms with Crippen molar-refractivity contribution in [1.82, 2.24) is 14.8 Å². The number of nitrogens with zero attached hydrogens (tertiary/aromatic N) is 4. The van der Waals surface area contributed by atoms with E-state index in [1.54, 1.807) is 11.6 Å². The molecule has 0 atom stereocenters. The highest BCUT2D eigenvalue weighted by Gasteiger charge is 2.21. The number of hydrogen-bond donors (Lipinski definition) is 0. The van der Waals surface area contributed by atoms with Gasteiger partial charge in [-0.05, 0) is 48.2 Å². The summed E-state index contributed by atoms with van der Waals surface area (Å²) in [6.07, 6.45) is 1.47. The van der Waals surface area contributed by atoms with Crippen LogP contribution >= 0.6 is 11.8 Å². The Hall–Kier alpha value is -3.27. The second-order valence-corrected chi connectivity index (χ2v) is 6.12. The van der Waals surface area contributed by atoms with Crippen LogP contribution in [0.25, 0.3) is 0 Å². The Morgan fingerprint density at radius 2 is 2.00 bits per heavy atom. The molecule has 0 saturated heterocycles. The topological polar surface area (TPSA) is 100 Å². The number of aryl methyl sites for hydroxylation is 1. The first-order valence-corrected chi connectivity index (χ1v) is 8.04. The van der Waals surface area contributed by atoms with Gasteiger partial charge in [0.15, 0.2) is 5.16 Å². The third-order valence-corrected chi connectivity index (χ3v) is 4.40. The van der Waals surface area contributed by atoms with E-state index < -0.39 is 16.7 Å². The van der Waals surface area contributed by atoms with Gasteiger partial charge in [0.2, 0.25) is 0 Å². The fourth-order valence-electron chi connectivity index (χ4n) is 2.01. The van der Waals surface area contributed by atoms with Crippen molar-refractivity contribution in [2.75, 3.05) is 0 Å². The fraction of sp³-hybridized carbons (Fsp3) is 0.0625. The molecule has 132 valence electrons. The molecule has 2 aromatic carbocycles. The Bertz CT molecular complexity index is 975. The standard InChI is InChI=1S/C16H11FN4O4S/c1-20-9-18-19-16(20)26-14-7-2-10(8-13(14)21(23)24)15(22)25-12-5-3-11(17)4-6-12/h2-9H,1H3. The molecule has 0 N–H and O–H groups in total. The average Bonchev–Trinajstić information content (AvgIpc) is 3.02. The van der Waals surface area contributed by atoms with Crippen molar-refractivity contribution in [2.24, 2.45) is 7.05 Å². The quantitative estimate of drug-likeness (QED) is 0.292. The van der Waals surface area contributed by atoms with Gasteiger partial charge in [0.1, 0.15) is 17.9 Å². The minimum absolute atomic E-state index is 0.00309. The molecule has 0 spiro atoms. The van der Waals surface area contributed by atoms with Gasteiger partial charge in [0, 0.05) is 13.1 Å². The predicted molar refractivity (Wildman–Crippen MR) is 89.6 cm³/mol. The van der Waals surface area contributed by atoms with Crippen LogP contribution < -0.4 is 4.74 Å². The Morgan fingerprint density at radius 3 is 2.62 bits per heavy atom. The molecule has 0 amide bonds. The summed E-state index contributed by atoms with van der Waals surface area (Å²) in [6.45, 7) is 0. The molecule has 0 aliphatic heterocycles. The van der Waals surface area contributed by atoms with Crippen LogP contribution in [0.5, 0.6) is 5.75 Å². The number of ether oxygens (including phenoxy) is 1. The summed E-state index contributed by atoms with van der Waals surface area (Å²) in [5.41, 5.74) is -0.255. The molecule has 0 aliphatic carbocycles. The molecule has 0 unspecified atom stereocenters. The van der Waals surface area contributed by atoms with Crippen LogP contribution in [-0.4, -0.2) is 25.7 Å². The summed E-state index contributed by atoms with van der Waals surface area (Å²) in [7, 11) is 1.71. The van der Waals surface area contributed by atoms with Gasteiger partial charge in [-0.3, -0.25) is 10.1 Å². The zero-order chi connectivity index (χ0) is 18.7. The normalized spacial score (nSPS) is 10.5. The van der Waals surface area contributed by atoms with E-state index in [0.29, 0.717) is 10.1 Å². The number of halogens is 1. The van der Waals surface area contributed by atoms with Crippen molar-refractivity contribution >= 4 is 23.4 Å². The average molecular weight is 374 g/mol. The second-order valence-electron chi connectivity index (χ2n) is 5.11. The molecule has 0 fully saturated rings. The summed E-state index contributed by atoms with van der Waals surface area (Å²) in [5.74, 6) is -1.11. The number of benzene rings is 2. The van der Waals surface area contributed by atoms with Crippen LogP contribution in [0.3, 0.4) is 0 Å². The van der Waals surface area contributed by atoms with Gasteiger partial charge in [-0.2, -0.15) is 0 Å². The molecular formula is C16H11FN4O4S. The van der Waals surface area contributed by atoms with Gasteiger partial charge in [0.05, 0.1) is 15.4 Å². The molecule has 26 heavy (non-hydrogen) atoms. The van der Waals surface area contributed by atoms with Gasteiger partial charge < -0.3 is 9.30 Å². The van der Waals surface area contributed by atoms with Crippen LogP contribution in [0.2, 0.25) is 0 Å². The Labute approximate surface area is 150 Å². The Morgan fingerprint density at radius 1 is 1.27 bits per heavy atom. The SMILES string of the molecule is Cn1cnnc1Sc1ccc(C(=O)Oc2ccc(F)cc2)cc1[N+](=O)[O-]. The van der Waals surface area contributed by atoms with Crippen molar-refractivity contribution in [3.8, 4) is 5.75 Å². The van der Waals surface area contributed by atoms with Gasteiger partial charge >= 0.3 is 5.97 Å². The molecule has 0 aliphatic rings. The summed E-state index contributed by atoms with van der Waals surface area (Å²) in [4.78, 5) is 23.3. The summed E-state index contributed by atoms with van der Waals surface area (Å²) in [5, 5.41) is 19.4. The van der Waals surface area contributed by atoms with Crippen LogP contribution in [0, 0.1) is 15.9 Å². The van der Waals surface area contributed by atoms with E-state index in [0.717, 1.165) is 30.0 Å². The maximum Gasteiger partial charge on any atom is 0.343 e. The smallest absolute Gasteiger partial charge is 0.343 e. The third kappa shape index (κ3) is 3.86. The number of esters is 1. The Kier molecular flexibility index (Phi) is 4.94. The van der Waals surface area contributed by atoms with Crippen LogP contribution in [0.1, 0.15) is 10.4 Å². The molecule has 8 nitrogen and oxygen atoms in total. The van der Waals surface area contributed by atoms with E-state index in [1.165, 1.54) is 30.6 Å². The molecule has 0 radical (unpaired) electrons. The molecule has 3 rings (SSSR count). The van der Waals surface area contributed by atoms with Crippen molar-refractivity contribution in [2.45, 2.75) is 10.1 Å². The predicted octanol–water partition coefficient (Wildman–Crippen LogP) is 3.23. The Balaban J connectivity index is 1.85. The molecule has 10 heteroatoms. The number of aromatic nitrogens is 3. The minimum Gasteiger partial charge on any atom is -0.423 e. The van der Waals surface area contributed by atoms with Crippen molar-refractivity contribution in [1.29, 1.82) is 0 Å². The second kappa shape index (κ2) is 7.31. The monoisotopic (exact) mass is 374 g/mol. The first-order chi connectivity index (χ1) is 12.4. The van der Waals surface area contributed by atoms with Crippen LogP contribution in [0.4, 0.5) is 10.1 Å². The lowest BCUT2D eigenvalue weighted by Crippen LogP contribution is -2.09. The summed E-state index contributed by atoms with van der Waals surface area (Å²) in [6, 6.07) is 8.86. The molecule has 0 bridgehead atoms. The third-order valence-electron chi connectivity index (χ3n) is 3.29. The van der Waals surface area contributed by atoms with Gasteiger partial charge in [-0.1, -0.05) is 0 Å².